The highest BCUT2D eigenvalue weighted by Gasteiger charge is 2.07. The molecule has 14 heavy (non-hydrogen) atoms. The number of hydrogen-bond donors (Lipinski definition) is 1. The quantitative estimate of drug-likeness (QED) is 0.786. The summed E-state index contributed by atoms with van der Waals surface area (Å²) in [6, 6.07) is 0.0826. The van der Waals surface area contributed by atoms with Gasteiger partial charge in [-0.1, -0.05) is 6.92 Å². The van der Waals surface area contributed by atoms with E-state index < -0.39 is 6.43 Å². The first-order valence-electron chi connectivity index (χ1n) is 4.67. The fourth-order valence-corrected chi connectivity index (χ4v) is 1.20. The lowest BCUT2D eigenvalue weighted by Crippen LogP contribution is -2.21. The van der Waals surface area contributed by atoms with Crippen LogP contribution < -0.4 is 5.73 Å². The van der Waals surface area contributed by atoms with Gasteiger partial charge in [-0.15, -0.1) is 0 Å². The Bertz CT molecular complexity index is 273. The first kappa shape index (κ1) is 11.1. The maximum absolute atomic E-state index is 12.0. The molecular weight excluding hydrogens is 188 g/mol. The molecule has 80 valence electrons. The molecule has 1 aromatic heterocycles. The second-order valence-corrected chi connectivity index (χ2v) is 3.33. The van der Waals surface area contributed by atoms with Crippen LogP contribution in [-0.4, -0.2) is 22.2 Å². The molecule has 0 aliphatic carbocycles. The van der Waals surface area contributed by atoms with Gasteiger partial charge in [0, 0.05) is 12.2 Å². The number of alkyl halides is 2. The number of hydrogen-bond acceptors (Lipinski definition) is 2. The van der Waals surface area contributed by atoms with Crippen molar-refractivity contribution in [3.8, 4) is 0 Å². The summed E-state index contributed by atoms with van der Waals surface area (Å²) in [5, 5.41) is 3.82. The zero-order valence-corrected chi connectivity index (χ0v) is 8.16. The molecule has 2 N–H and O–H groups in total. The first-order valence-corrected chi connectivity index (χ1v) is 4.67. The molecule has 0 aromatic carbocycles. The zero-order chi connectivity index (χ0) is 10.6. The zero-order valence-electron chi connectivity index (χ0n) is 8.16. The average molecular weight is 203 g/mol. The van der Waals surface area contributed by atoms with E-state index in [4.69, 9.17) is 5.73 Å². The van der Waals surface area contributed by atoms with Crippen molar-refractivity contribution in [2.75, 3.05) is 0 Å². The van der Waals surface area contributed by atoms with Crippen LogP contribution in [0.3, 0.4) is 0 Å². The van der Waals surface area contributed by atoms with Gasteiger partial charge in [-0.3, -0.25) is 4.68 Å². The van der Waals surface area contributed by atoms with E-state index in [1.165, 1.54) is 4.68 Å². The summed E-state index contributed by atoms with van der Waals surface area (Å²) in [4.78, 5) is 0. The third-order valence-corrected chi connectivity index (χ3v) is 2.03. The molecule has 0 spiro atoms. The summed E-state index contributed by atoms with van der Waals surface area (Å²) >= 11 is 0. The summed E-state index contributed by atoms with van der Waals surface area (Å²) in [7, 11) is 0. The molecule has 5 heteroatoms. The van der Waals surface area contributed by atoms with Crippen molar-refractivity contribution in [3.05, 3.63) is 18.0 Å². The minimum atomic E-state index is -2.36. The number of nitrogens with two attached hydrogens (primary N) is 1. The molecule has 0 fully saturated rings. The first-order chi connectivity index (χ1) is 6.61. The normalized spacial score (nSPS) is 13.5. The summed E-state index contributed by atoms with van der Waals surface area (Å²) in [5.74, 6) is 0. The molecule has 0 aliphatic heterocycles. The van der Waals surface area contributed by atoms with E-state index in [9.17, 15) is 8.78 Å². The van der Waals surface area contributed by atoms with Crippen LogP contribution in [0.2, 0.25) is 0 Å². The highest BCUT2D eigenvalue weighted by atomic mass is 19.3. The molecule has 1 heterocycles. The van der Waals surface area contributed by atoms with Crippen LogP contribution in [0.4, 0.5) is 8.78 Å². The Morgan fingerprint density at radius 1 is 1.57 bits per heavy atom. The van der Waals surface area contributed by atoms with Gasteiger partial charge in [-0.05, 0) is 18.4 Å². The van der Waals surface area contributed by atoms with Crippen LogP contribution in [0.15, 0.2) is 12.4 Å². The maximum atomic E-state index is 12.0. The molecule has 0 bridgehead atoms. The number of aromatic nitrogens is 2. The van der Waals surface area contributed by atoms with Crippen molar-refractivity contribution in [2.45, 2.75) is 38.8 Å². The van der Waals surface area contributed by atoms with Gasteiger partial charge in [-0.2, -0.15) is 5.10 Å². The standard InChI is InChI=1S/C9H15F2N3/c1-2-8(12)3-7-4-13-14(5-7)6-9(10)11/h4-5,8-9H,2-3,6,12H2,1H3. The van der Waals surface area contributed by atoms with Crippen molar-refractivity contribution in [1.29, 1.82) is 0 Å². The Labute approximate surface area is 81.9 Å². The highest BCUT2D eigenvalue weighted by Crippen LogP contribution is 2.05. The molecular formula is C9H15F2N3. The van der Waals surface area contributed by atoms with Gasteiger partial charge in [0.05, 0.1) is 6.20 Å². The number of rotatable bonds is 5. The Morgan fingerprint density at radius 3 is 2.86 bits per heavy atom. The molecule has 1 unspecified atom stereocenters. The minimum absolute atomic E-state index is 0.0826. The van der Waals surface area contributed by atoms with Gasteiger partial charge < -0.3 is 5.73 Å². The average Bonchev–Trinajstić information content (AvgIpc) is 2.51. The second kappa shape index (κ2) is 5.05. The summed E-state index contributed by atoms with van der Waals surface area (Å²) in [6.45, 7) is 1.65. The molecule has 0 saturated heterocycles. The summed E-state index contributed by atoms with van der Waals surface area (Å²) in [6.07, 6.45) is 2.43. The van der Waals surface area contributed by atoms with E-state index in [1.54, 1.807) is 12.4 Å². The highest BCUT2D eigenvalue weighted by molar-refractivity contribution is 5.05. The molecule has 0 radical (unpaired) electrons. The van der Waals surface area contributed by atoms with E-state index in [0.717, 1.165) is 12.0 Å². The topological polar surface area (TPSA) is 43.8 Å². The lowest BCUT2D eigenvalue weighted by molar-refractivity contribution is 0.122. The molecule has 1 aromatic rings. The second-order valence-electron chi connectivity index (χ2n) is 3.33. The van der Waals surface area contributed by atoms with Gasteiger partial charge >= 0.3 is 0 Å². The molecule has 1 atom stereocenters. The van der Waals surface area contributed by atoms with E-state index in [-0.39, 0.29) is 12.6 Å². The Balaban J connectivity index is 2.50. The van der Waals surface area contributed by atoms with Gasteiger partial charge in [0.25, 0.3) is 6.43 Å². The predicted molar refractivity (Wildman–Crippen MR) is 50.2 cm³/mol. The largest absolute Gasteiger partial charge is 0.327 e. The van der Waals surface area contributed by atoms with Gasteiger partial charge in [0.2, 0.25) is 0 Å². The minimum Gasteiger partial charge on any atom is -0.327 e. The summed E-state index contributed by atoms with van der Waals surface area (Å²) < 4.78 is 25.2. The SMILES string of the molecule is CCC(N)Cc1cnn(CC(F)F)c1. The van der Waals surface area contributed by atoms with Crippen molar-refractivity contribution >= 4 is 0 Å². The van der Waals surface area contributed by atoms with E-state index in [2.05, 4.69) is 5.10 Å². The van der Waals surface area contributed by atoms with Crippen LogP contribution in [-0.2, 0) is 13.0 Å². The Morgan fingerprint density at radius 2 is 2.29 bits per heavy atom. The van der Waals surface area contributed by atoms with Gasteiger partial charge in [0.1, 0.15) is 6.54 Å². The fourth-order valence-electron chi connectivity index (χ4n) is 1.20. The van der Waals surface area contributed by atoms with Gasteiger partial charge in [-0.25, -0.2) is 8.78 Å². The van der Waals surface area contributed by atoms with Crippen molar-refractivity contribution in [1.82, 2.24) is 9.78 Å². The van der Waals surface area contributed by atoms with Crippen molar-refractivity contribution < 1.29 is 8.78 Å². The van der Waals surface area contributed by atoms with E-state index in [0.29, 0.717) is 6.42 Å². The van der Waals surface area contributed by atoms with Crippen LogP contribution in [0.5, 0.6) is 0 Å². The van der Waals surface area contributed by atoms with Crippen molar-refractivity contribution in [2.24, 2.45) is 5.73 Å². The third-order valence-electron chi connectivity index (χ3n) is 2.03. The van der Waals surface area contributed by atoms with Crippen LogP contribution in [0.25, 0.3) is 0 Å². The van der Waals surface area contributed by atoms with E-state index in [1.807, 2.05) is 6.92 Å². The fraction of sp³-hybridized carbons (Fsp3) is 0.667. The number of nitrogens with zero attached hydrogens (tertiary/aromatic N) is 2. The third kappa shape index (κ3) is 3.41. The molecule has 0 amide bonds. The summed E-state index contributed by atoms with van der Waals surface area (Å²) in [5.41, 5.74) is 6.65. The smallest absolute Gasteiger partial charge is 0.257 e. The lowest BCUT2D eigenvalue weighted by Gasteiger charge is -2.05. The maximum Gasteiger partial charge on any atom is 0.257 e. The molecule has 1 rings (SSSR count). The molecule has 0 saturated carbocycles. The molecule has 0 aliphatic rings. The Kier molecular flexibility index (Phi) is 4.00. The Hall–Kier alpha value is -0.970. The van der Waals surface area contributed by atoms with Crippen molar-refractivity contribution in [3.63, 3.8) is 0 Å². The van der Waals surface area contributed by atoms with Crippen LogP contribution in [0.1, 0.15) is 18.9 Å². The monoisotopic (exact) mass is 203 g/mol. The van der Waals surface area contributed by atoms with Gasteiger partial charge in [0.15, 0.2) is 0 Å². The predicted octanol–water partition coefficient (Wildman–Crippen LogP) is 1.43. The molecule has 3 nitrogen and oxygen atoms in total. The number of halogens is 2. The van der Waals surface area contributed by atoms with Crippen LogP contribution in [0, 0.1) is 0 Å². The van der Waals surface area contributed by atoms with Crippen LogP contribution >= 0.6 is 0 Å². The lowest BCUT2D eigenvalue weighted by atomic mass is 10.1. The van der Waals surface area contributed by atoms with E-state index >= 15 is 0 Å².